The van der Waals surface area contributed by atoms with Crippen molar-refractivity contribution in [3.05, 3.63) is 53.3 Å². The Balaban J connectivity index is 1.35. The Labute approximate surface area is 187 Å². The van der Waals surface area contributed by atoms with Gasteiger partial charge in [-0.2, -0.15) is 0 Å². The smallest absolute Gasteiger partial charge is 0.319 e. The van der Waals surface area contributed by atoms with E-state index in [0.717, 1.165) is 34.4 Å². The van der Waals surface area contributed by atoms with Gasteiger partial charge in [0.25, 0.3) is 0 Å². The third kappa shape index (κ3) is 4.38. The second kappa shape index (κ2) is 8.51. The van der Waals surface area contributed by atoms with Crippen LogP contribution in [-0.4, -0.2) is 29.6 Å². The number of aldehydes is 1. The van der Waals surface area contributed by atoms with E-state index >= 15 is 0 Å². The van der Waals surface area contributed by atoms with E-state index in [4.69, 9.17) is 4.74 Å². The molecule has 1 aromatic carbocycles. The molecule has 5 rings (SSSR count). The number of hydrogen-bond donors (Lipinski definition) is 2. The van der Waals surface area contributed by atoms with E-state index in [-0.39, 0.29) is 23.7 Å². The lowest BCUT2D eigenvalue weighted by Gasteiger charge is -2.10. The minimum atomic E-state index is -0.588. The number of allylic oxidation sites excluding steroid dienone is 1. The number of hydrogen-bond acceptors (Lipinski definition) is 6. The highest BCUT2D eigenvalue weighted by Gasteiger charge is 2.23. The monoisotopic (exact) mass is 450 g/mol. The zero-order valence-corrected chi connectivity index (χ0v) is 17.7. The van der Waals surface area contributed by atoms with Gasteiger partial charge in [-0.15, -0.1) is 11.3 Å². The Morgan fingerprint density at radius 1 is 1.22 bits per heavy atom. The second-order valence-electron chi connectivity index (χ2n) is 7.66. The van der Waals surface area contributed by atoms with Crippen LogP contribution in [0.5, 0.6) is 11.5 Å². The Kier molecular flexibility index (Phi) is 5.40. The molecule has 2 aromatic heterocycles. The molecule has 1 unspecified atom stereocenters. The average molecular weight is 450 g/mol. The lowest BCUT2D eigenvalue weighted by atomic mass is 10.1. The number of halogens is 1. The van der Waals surface area contributed by atoms with Crippen LogP contribution in [0.25, 0.3) is 15.9 Å². The normalized spacial score (nSPS) is 17.7. The van der Waals surface area contributed by atoms with Crippen LogP contribution in [0.4, 0.5) is 14.9 Å². The second-order valence-corrected chi connectivity index (χ2v) is 8.71. The molecular formula is C23H19FN4O3S. The standard InChI is InChI=1S/C23H19FN4O3S/c24-16-9-15(28-23(30)27-14-2-3-14)4-6-19(16)31-20-7-8-25-18-10-21(32-22(18)20)17-5-1-13(12-29)11-26-17/h4-14H,1-3H2,(H2,27,28,30). The van der Waals surface area contributed by atoms with Gasteiger partial charge < -0.3 is 20.2 Å². The fraction of sp³-hybridized carbons (Fsp3) is 0.217. The van der Waals surface area contributed by atoms with Crippen LogP contribution in [0, 0.1) is 11.7 Å². The molecule has 1 fully saturated rings. The molecule has 2 amide bonds. The van der Waals surface area contributed by atoms with Crippen molar-refractivity contribution in [1.29, 1.82) is 0 Å². The number of thiophene rings is 1. The number of anilines is 1. The summed E-state index contributed by atoms with van der Waals surface area (Å²) in [5.74, 6) is -0.256. The molecular weight excluding hydrogens is 431 g/mol. The number of nitrogens with zero attached hydrogens (tertiary/aromatic N) is 2. The molecule has 0 radical (unpaired) electrons. The molecule has 7 nitrogen and oxygen atoms in total. The summed E-state index contributed by atoms with van der Waals surface area (Å²) < 4.78 is 21.3. The van der Waals surface area contributed by atoms with Crippen molar-refractivity contribution < 1.29 is 18.7 Å². The molecule has 1 aliphatic heterocycles. The van der Waals surface area contributed by atoms with Crippen molar-refractivity contribution in [3.63, 3.8) is 0 Å². The maximum absolute atomic E-state index is 14.7. The van der Waals surface area contributed by atoms with Gasteiger partial charge in [0.2, 0.25) is 0 Å². The summed E-state index contributed by atoms with van der Waals surface area (Å²) in [6, 6.07) is 7.75. The summed E-state index contributed by atoms with van der Waals surface area (Å²) in [6.07, 6.45) is 8.61. The number of urea groups is 1. The minimum absolute atomic E-state index is 0.0457. The summed E-state index contributed by atoms with van der Waals surface area (Å²) in [5, 5.41) is 5.42. The molecule has 2 N–H and O–H groups in total. The quantitative estimate of drug-likeness (QED) is 0.509. The first kappa shape index (κ1) is 20.3. The van der Waals surface area contributed by atoms with Crippen LogP contribution in [0.15, 0.2) is 47.6 Å². The van der Waals surface area contributed by atoms with Gasteiger partial charge in [-0.3, -0.25) is 9.98 Å². The number of carbonyl (C=O) groups is 2. The summed E-state index contributed by atoms with van der Waals surface area (Å²) >= 11 is 1.44. The highest BCUT2D eigenvalue weighted by Crippen LogP contribution is 2.39. The van der Waals surface area contributed by atoms with E-state index in [9.17, 15) is 14.0 Å². The van der Waals surface area contributed by atoms with E-state index < -0.39 is 5.82 Å². The van der Waals surface area contributed by atoms with Crippen LogP contribution in [0.3, 0.4) is 0 Å². The van der Waals surface area contributed by atoms with Crippen molar-refractivity contribution in [1.82, 2.24) is 10.3 Å². The van der Waals surface area contributed by atoms with Crippen molar-refractivity contribution in [2.24, 2.45) is 10.9 Å². The predicted octanol–water partition coefficient (Wildman–Crippen LogP) is 5.14. The summed E-state index contributed by atoms with van der Waals surface area (Å²) in [6.45, 7) is 0. The molecule has 0 spiro atoms. The molecule has 3 aromatic rings. The van der Waals surface area contributed by atoms with Crippen LogP contribution in [0.2, 0.25) is 0 Å². The molecule has 0 saturated heterocycles. The van der Waals surface area contributed by atoms with E-state index in [0.29, 0.717) is 23.4 Å². The lowest BCUT2D eigenvalue weighted by molar-refractivity contribution is -0.109. The van der Waals surface area contributed by atoms with E-state index in [1.54, 1.807) is 24.5 Å². The third-order valence-electron chi connectivity index (χ3n) is 5.11. The number of fused-ring (bicyclic) bond motifs is 1. The van der Waals surface area contributed by atoms with Crippen LogP contribution >= 0.6 is 11.3 Å². The Hall–Kier alpha value is -3.59. The Morgan fingerprint density at radius 2 is 2.09 bits per heavy atom. The van der Waals surface area contributed by atoms with Gasteiger partial charge in [-0.25, -0.2) is 9.18 Å². The highest BCUT2D eigenvalue weighted by molar-refractivity contribution is 7.20. The van der Waals surface area contributed by atoms with Crippen molar-refractivity contribution in [3.8, 4) is 11.5 Å². The number of ether oxygens (including phenoxy) is 1. The van der Waals surface area contributed by atoms with Crippen molar-refractivity contribution in [2.45, 2.75) is 25.3 Å². The molecule has 1 atom stereocenters. The van der Waals surface area contributed by atoms with Crippen LogP contribution in [0.1, 0.15) is 24.1 Å². The predicted molar refractivity (Wildman–Crippen MR) is 122 cm³/mol. The summed E-state index contributed by atoms with van der Waals surface area (Å²) in [7, 11) is 0. The lowest BCUT2D eigenvalue weighted by Crippen LogP contribution is -2.30. The van der Waals surface area contributed by atoms with Gasteiger partial charge in [0.15, 0.2) is 11.6 Å². The number of amides is 2. The fourth-order valence-corrected chi connectivity index (χ4v) is 4.33. The van der Waals surface area contributed by atoms with Crippen molar-refractivity contribution in [2.75, 3.05) is 5.32 Å². The maximum Gasteiger partial charge on any atom is 0.319 e. The summed E-state index contributed by atoms with van der Waals surface area (Å²) in [4.78, 5) is 32.4. The minimum Gasteiger partial charge on any atom is -0.453 e. The van der Waals surface area contributed by atoms with Gasteiger partial charge in [-0.1, -0.05) is 6.08 Å². The van der Waals surface area contributed by atoms with Gasteiger partial charge in [0.1, 0.15) is 12.0 Å². The first-order chi connectivity index (χ1) is 15.6. The molecule has 3 heterocycles. The first-order valence-electron chi connectivity index (χ1n) is 10.2. The zero-order chi connectivity index (χ0) is 22.1. The SMILES string of the molecule is O=CC1C=NC(c2cc3nccc(Oc4ccc(NC(=O)NC5CC5)cc4F)c3s2)=CC1. The molecule has 32 heavy (non-hydrogen) atoms. The van der Waals surface area contributed by atoms with Gasteiger partial charge in [-0.05, 0) is 37.5 Å². The largest absolute Gasteiger partial charge is 0.453 e. The molecule has 1 saturated carbocycles. The molecule has 162 valence electrons. The van der Waals surface area contributed by atoms with Gasteiger partial charge in [0, 0.05) is 36.3 Å². The average Bonchev–Trinajstić information content (AvgIpc) is 3.49. The molecule has 2 aliphatic rings. The number of carbonyl (C=O) groups excluding carboxylic acids is 2. The summed E-state index contributed by atoms with van der Waals surface area (Å²) in [5.41, 5.74) is 1.84. The van der Waals surface area contributed by atoms with Gasteiger partial charge in [0.05, 0.1) is 26.7 Å². The molecule has 1 aliphatic carbocycles. The number of nitrogens with one attached hydrogen (secondary N) is 2. The maximum atomic E-state index is 14.7. The topological polar surface area (TPSA) is 92.7 Å². The molecule has 0 bridgehead atoms. The van der Waals surface area contributed by atoms with E-state index in [1.165, 1.54) is 23.5 Å². The highest BCUT2D eigenvalue weighted by atomic mass is 32.1. The van der Waals surface area contributed by atoms with Crippen LogP contribution < -0.4 is 15.4 Å². The number of benzene rings is 1. The van der Waals surface area contributed by atoms with Crippen LogP contribution in [-0.2, 0) is 4.79 Å². The number of rotatable bonds is 6. The van der Waals surface area contributed by atoms with E-state index in [2.05, 4.69) is 20.6 Å². The van der Waals surface area contributed by atoms with E-state index in [1.807, 2.05) is 12.1 Å². The third-order valence-corrected chi connectivity index (χ3v) is 6.28. The first-order valence-corrected chi connectivity index (χ1v) is 11.0. The zero-order valence-electron chi connectivity index (χ0n) is 16.9. The Bertz CT molecular complexity index is 1270. The number of aliphatic imine (C=N–C) groups is 1. The Morgan fingerprint density at radius 3 is 2.81 bits per heavy atom. The fourth-order valence-electron chi connectivity index (χ4n) is 3.27. The number of aromatic nitrogens is 1. The van der Waals surface area contributed by atoms with Crippen molar-refractivity contribution >= 4 is 51.5 Å². The molecule has 9 heteroatoms. The number of pyridine rings is 1. The van der Waals surface area contributed by atoms with Gasteiger partial charge >= 0.3 is 6.03 Å².